The number of hydrogen-bond acceptors (Lipinski definition) is 4. The maximum absolute atomic E-state index is 6.01. The van der Waals surface area contributed by atoms with Crippen molar-refractivity contribution in [2.75, 3.05) is 34.3 Å². The molecular formula is C23H34N4O2. The topological polar surface area (TPSA) is 58.1 Å². The maximum atomic E-state index is 6.01. The Hall–Kier alpha value is -2.73. The van der Waals surface area contributed by atoms with Crippen molar-refractivity contribution in [3.8, 4) is 11.5 Å². The Labute approximate surface area is 174 Å². The first kappa shape index (κ1) is 22.6. The molecule has 29 heavy (non-hydrogen) atoms. The van der Waals surface area contributed by atoms with E-state index < -0.39 is 0 Å². The lowest BCUT2D eigenvalue weighted by atomic mass is 10.1. The Morgan fingerprint density at radius 2 is 1.66 bits per heavy atom. The fourth-order valence-corrected chi connectivity index (χ4v) is 2.93. The van der Waals surface area contributed by atoms with Crippen molar-refractivity contribution in [3.05, 3.63) is 59.7 Å². The second kappa shape index (κ2) is 12.0. The van der Waals surface area contributed by atoms with Crippen molar-refractivity contribution < 1.29 is 9.47 Å². The molecule has 0 aliphatic carbocycles. The number of benzene rings is 2. The minimum Gasteiger partial charge on any atom is -0.493 e. The highest BCUT2D eigenvalue weighted by Crippen LogP contribution is 2.26. The van der Waals surface area contributed by atoms with Crippen LogP contribution in [0.3, 0.4) is 0 Å². The first-order chi connectivity index (χ1) is 14.0. The maximum Gasteiger partial charge on any atom is 0.191 e. The smallest absolute Gasteiger partial charge is 0.191 e. The van der Waals surface area contributed by atoms with Gasteiger partial charge in [0.2, 0.25) is 0 Å². The molecule has 0 aliphatic heterocycles. The van der Waals surface area contributed by atoms with Crippen LogP contribution in [-0.4, -0.2) is 51.3 Å². The summed E-state index contributed by atoms with van der Waals surface area (Å²) in [5.74, 6) is 2.25. The van der Waals surface area contributed by atoms with Crippen molar-refractivity contribution in [3.63, 3.8) is 0 Å². The van der Waals surface area contributed by atoms with Crippen LogP contribution in [0.2, 0.25) is 0 Å². The van der Waals surface area contributed by atoms with Crippen LogP contribution in [0.15, 0.2) is 53.5 Å². The van der Waals surface area contributed by atoms with E-state index in [1.807, 2.05) is 31.2 Å². The molecule has 0 amide bonds. The van der Waals surface area contributed by atoms with E-state index in [0.717, 1.165) is 30.5 Å². The van der Waals surface area contributed by atoms with Crippen LogP contribution >= 0.6 is 0 Å². The molecule has 6 heteroatoms. The van der Waals surface area contributed by atoms with Crippen molar-refractivity contribution in [2.45, 2.75) is 33.0 Å². The lowest BCUT2D eigenvalue weighted by Gasteiger charge is -2.19. The molecule has 0 radical (unpaired) electrons. The summed E-state index contributed by atoms with van der Waals surface area (Å²) in [6, 6.07) is 16.1. The molecule has 0 fully saturated rings. The summed E-state index contributed by atoms with van der Waals surface area (Å²) in [4.78, 5) is 6.93. The quantitative estimate of drug-likeness (QED) is 0.475. The molecule has 0 heterocycles. The van der Waals surface area contributed by atoms with Crippen LogP contribution in [0.5, 0.6) is 11.5 Å². The molecule has 158 valence electrons. The Bertz CT molecular complexity index is 777. The third-order valence-electron chi connectivity index (χ3n) is 4.31. The normalized spacial score (nSPS) is 12.6. The summed E-state index contributed by atoms with van der Waals surface area (Å²) in [5, 5.41) is 6.67. The van der Waals surface area contributed by atoms with E-state index >= 15 is 0 Å². The number of nitrogens with zero attached hydrogens (tertiary/aromatic N) is 2. The predicted octanol–water partition coefficient (Wildman–Crippen LogP) is 3.28. The van der Waals surface area contributed by atoms with Crippen LogP contribution in [0.4, 0.5) is 0 Å². The monoisotopic (exact) mass is 398 g/mol. The van der Waals surface area contributed by atoms with Gasteiger partial charge in [0.05, 0.1) is 20.2 Å². The zero-order chi connectivity index (χ0) is 21.1. The molecule has 0 saturated heterocycles. The van der Waals surface area contributed by atoms with E-state index in [-0.39, 0.29) is 6.10 Å². The van der Waals surface area contributed by atoms with Crippen molar-refractivity contribution in [2.24, 2.45) is 4.99 Å². The molecular weight excluding hydrogens is 364 g/mol. The van der Waals surface area contributed by atoms with Crippen molar-refractivity contribution in [1.82, 2.24) is 15.5 Å². The van der Waals surface area contributed by atoms with Gasteiger partial charge in [0.1, 0.15) is 6.10 Å². The SMILES string of the molecule is CCNC(=NCc1ccccc1CN(C)C)NCC(C)Oc1ccccc1OC. The number of para-hydroxylation sites is 2. The summed E-state index contributed by atoms with van der Waals surface area (Å²) >= 11 is 0. The highest BCUT2D eigenvalue weighted by Gasteiger charge is 2.10. The van der Waals surface area contributed by atoms with Crippen LogP contribution in [0.25, 0.3) is 0 Å². The van der Waals surface area contributed by atoms with Gasteiger partial charge in [-0.1, -0.05) is 36.4 Å². The van der Waals surface area contributed by atoms with Gasteiger partial charge in [0.25, 0.3) is 0 Å². The van der Waals surface area contributed by atoms with Gasteiger partial charge >= 0.3 is 0 Å². The molecule has 2 aromatic rings. The van der Waals surface area contributed by atoms with Gasteiger partial charge in [-0.05, 0) is 51.2 Å². The number of methoxy groups -OCH3 is 1. The lowest BCUT2D eigenvalue weighted by Crippen LogP contribution is -2.41. The minimum atomic E-state index is -0.0452. The van der Waals surface area contributed by atoms with Gasteiger partial charge in [-0.25, -0.2) is 4.99 Å². The van der Waals surface area contributed by atoms with E-state index in [1.54, 1.807) is 7.11 Å². The van der Waals surface area contributed by atoms with E-state index in [9.17, 15) is 0 Å². The molecule has 0 spiro atoms. The van der Waals surface area contributed by atoms with Crippen LogP contribution in [0, 0.1) is 0 Å². The van der Waals surface area contributed by atoms with E-state index in [1.165, 1.54) is 11.1 Å². The van der Waals surface area contributed by atoms with Gasteiger partial charge in [0.15, 0.2) is 17.5 Å². The number of guanidine groups is 1. The summed E-state index contributed by atoms with van der Waals surface area (Å²) < 4.78 is 11.4. The van der Waals surface area contributed by atoms with Crippen LogP contribution < -0.4 is 20.1 Å². The Kier molecular flexibility index (Phi) is 9.31. The number of aliphatic imine (C=N–C) groups is 1. The van der Waals surface area contributed by atoms with Crippen LogP contribution in [-0.2, 0) is 13.1 Å². The molecule has 2 rings (SSSR count). The second-order valence-corrected chi connectivity index (χ2v) is 7.16. The third-order valence-corrected chi connectivity index (χ3v) is 4.31. The average molecular weight is 399 g/mol. The summed E-state index contributed by atoms with van der Waals surface area (Å²) in [5.41, 5.74) is 2.53. The highest BCUT2D eigenvalue weighted by atomic mass is 16.5. The second-order valence-electron chi connectivity index (χ2n) is 7.16. The number of hydrogen-bond donors (Lipinski definition) is 2. The largest absolute Gasteiger partial charge is 0.493 e. The van der Waals surface area contributed by atoms with E-state index in [2.05, 4.69) is 60.8 Å². The predicted molar refractivity (Wildman–Crippen MR) is 120 cm³/mol. The standard InChI is InChI=1S/C23H34N4O2/c1-6-24-23(26-16-19-11-7-8-12-20(19)17-27(3)4)25-15-18(2)29-22-14-10-9-13-21(22)28-5/h7-14,18H,6,15-17H2,1-5H3,(H2,24,25,26). The van der Waals surface area contributed by atoms with E-state index in [4.69, 9.17) is 14.5 Å². The Morgan fingerprint density at radius 3 is 2.31 bits per heavy atom. The van der Waals surface area contributed by atoms with Crippen molar-refractivity contribution >= 4 is 5.96 Å². The fourth-order valence-electron chi connectivity index (χ4n) is 2.93. The lowest BCUT2D eigenvalue weighted by molar-refractivity contribution is 0.213. The minimum absolute atomic E-state index is 0.0452. The van der Waals surface area contributed by atoms with Crippen LogP contribution in [0.1, 0.15) is 25.0 Å². The van der Waals surface area contributed by atoms with Crippen molar-refractivity contribution in [1.29, 1.82) is 0 Å². The number of ether oxygens (including phenoxy) is 2. The fraction of sp³-hybridized carbons (Fsp3) is 0.435. The van der Waals surface area contributed by atoms with Gasteiger partial charge in [-0.3, -0.25) is 0 Å². The van der Waals surface area contributed by atoms with Gasteiger partial charge < -0.3 is 25.0 Å². The van der Waals surface area contributed by atoms with Gasteiger partial charge in [0, 0.05) is 13.1 Å². The summed E-state index contributed by atoms with van der Waals surface area (Å²) in [7, 11) is 5.80. The van der Waals surface area contributed by atoms with Gasteiger partial charge in [-0.15, -0.1) is 0 Å². The van der Waals surface area contributed by atoms with E-state index in [0.29, 0.717) is 13.1 Å². The molecule has 1 unspecified atom stereocenters. The molecule has 0 aliphatic rings. The molecule has 2 aromatic carbocycles. The summed E-state index contributed by atoms with van der Waals surface area (Å²) in [6.07, 6.45) is -0.0452. The third kappa shape index (κ3) is 7.66. The molecule has 0 saturated carbocycles. The number of nitrogens with one attached hydrogen (secondary N) is 2. The number of rotatable bonds is 10. The van der Waals surface area contributed by atoms with Gasteiger partial charge in [-0.2, -0.15) is 0 Å². The molecule has 1 atom stereocenters. The zero-order valence-corrected chi connectivity index (χ0v) is 18.2. The zero-order valence-electron chi connectivity index (χ0n) is 18.2. The molecule has 0 aromatic heterocycles. The Morgan fingerprint density at radius 1 is 1.00 bits per heavy atom. The Balaban J connectivity index is 1.97. The molecule has 0 bridgehead atoms. The molecule has 6 nitrogen and oxygen atoms in total. The highest BCUT2D eigenvalue weighted by molar-refractivity contribution is 5.79. The first-order valence-electron chi connectivity index (χ1n) is 10.1. The summed E-state index contributed by atoms with van der Waals surface area (Å²) in [6.45, 7) is 7.04. The molecule has 2 N–H and O–H groups in total. The average Bonchev–Trinajstić information content (AvgIpc) is 2.71. The first-order valence-corrected chi connectivity index (χ1v) is 10.1.